The number of aryl methyl sites for hydroxylation is 1. The van der Waals surface area contributed by atoms with Crippen LogP contribution in [0.25, 0.3) is 0 Å². The molecule has 2 aromatic rings. The van der Waals surface area contributed by atoms with E-state index in [0.29, 0.717) is 26.5 Å². The lowest BCUT2D eigenvalue weighted by molar-refractivity contribution is -0.115. The summed E-state index contributed by atoms with van der Waals surface area (Å²) in [6.45, 7) is 1.73. The Labute approximate surface area is 122 Å². The Kier molecular flexibility index (Phi) is 4.16. The number of hydrogen-bond donors (Lipinski definition) is 2. The zero-order valence-corrected chi connectivity index (χ0v) is 12.4. The van der Waals surface area contributed by atoms with Crippen LogP contribution >= 0.6 is 27.3 Å². The van der Waals surface area contributed by atoms with Gasteiger partial charge in [-0.1, -0.05) is 0 Å². The predicted octanol–water partition coefficient (Wildman–Crippen LogP) is 3.12. The van der Waals surface area contributed by atoms with Crippen LogP contribution in [0.1, 0.15) is 11.3 Å². The van der Waals surface area contributed by atoms with E-state index in [4.69, 9.17) is 5.73 Å². The Morgan fingerprint density at radius 1 is 1.58 bits per heavy atom. The molecule has 1 amide bonds. The van der Waals surface area contributed by atoms with Crippen LogP contribution in [0.4, 0.5) is 15.2 Å². The first kappa shape index (κ1) is 14.0. The van der Waals surface area contributed by atoms with Crippen molar-refractivity contribution in [2.24, 2.45) is 0 Å². The van der Waals surface area contributed by atoms with Crippen molar-refractivity contribution in [3.8, 4) is 0 Å². The second kappa shape index (κ2) is 5.66. The third-order valence-electron chi connectivity index (χ3n) is 2.45. The molecule has 0 atom stereocenters. The minimum atomic E-state index is -0.359. The van der Waals surface area contributed by atoms with Crippen molar-refractivity contribution in [1.82, 2.24) is 4.98 Å². The number of thiazole rings is 1. The molecule has 19 heavy (non-hydrogen) atoms. The first-order valence-electron chi connectivity index (χ1n) is 5.41. The molecule has 0 aliphatic heterocycles. The van der Waals surface area contributed by atoms with Gasteiger partial charge in [-0.25, -0.2) is 9.37 Å². The average Bonchev–Trinajstić information content (AvgIpc) is 2.71. The van der Waals surface area contributed by atoms with Gasteiger partial charge in [-0.2, -0.15) is 0 Å². The summed E-state index contributed by atoms with van der Waals surface area (Å²) in [5.41, 5.74) is 7.35. The number of aromatic nitrogens is 1. The van der Waals surface area contributed by atoms with E-state index in [1.54, 1.807) is 12.3 Å². The van der Waals surface area contributed by atoms with Gasteiger partial charge in [0, 0.05) is 11.1 Å². The number of nitrogen functional groups attached to an aromatic ring is 1. The number of nitrogens with zero attached hydrogens (tertiary/aromatic N) is 1. The molecular formula is C12H11BrFN3OS. The molecule has 0 aliphatic rings. The lowest BCUT2D eigenvalue weighted by atomic mass is 10.2. The monoisotopic (exact) mass is 343 g/mol. The van der Waals surface area contributed by atoms with E-state index in [0.717, 1.165) is 0 Å². The highest BCUT2D eigenvalue weighted by Crippen LogP contribution is 2.24. The zero-order chi connectivity index (χ0) is 14.0. The Morgan fingerprint density at radius 2 is 2.32 bits per heavy atom. The summed E-state index contributed by atoms with van der Waals surface area (Å²) in [6.07, 6.45) is 0.141. The quantitative estimate of drug-likeness (QED) is 0.899. The lowest BCUT2D eigenvalue weighted by Crippen LogP contribution is -2.15. The molecule has 1 heterocycles. The molecular weight excluding hydrogens is 333 g/mol. The number of nitrogens with two attached hydrogens (primary N) is 1. The second-order valence-electron chi connectivity index (χ2n) is 3.98. The van der Waals surface area contributed by atoms with Crippen LogP contribution in [0, 0.1) is 12.7 Å². The van der Waals surface area contributed by atoms with Gasteiger partial charge in [0.2, 0.25) is 5.91 Å². The predicted molar refractivity (Wildman–Crippen MR) is 77.7 cm³/mol. The molecule has 1 aromatic heterocycles. The fraction of sp³-hybridized carbons (Fsp3) is 0.167. The van der Waals surface area contributed by atoms with Gasteiger partial charge < -0.3 is 11.1 Å². The normalized spacial score (nSPS) is 10.5. The van der Waals surface area contributed by atoms with Crippen molar-refractivity contribution >= 4 is 44.0 Å². The standard InChI is InChI=1S/C12H11BrFN3OS/c1-6-2-9(14)8(13)4-10(6)17-11(18)3-7-5-19-12(15)16-7/h2,4-5H,3H2,1H3,(H2,15,16)(H,17,18). The summed E-state index contributed by atoms with van der Waals surface area (Å²) in [4.78, 5) is 15.9. The Bertz CT molecular complexity index is 629. The molecule has 0 unspecified atom stereocenters. The number of carbonyl (C=O) groups is 1. The number of halogens is 2. The molecule has 1 aromatic carbocycles. The van der Waals surface area contributed by atoms with E-state index >= 15 is 0 Å². The van der Waals surface area contributed by atoms with E-state index in [-0.39, 0.29) is 18.1 Å². The Balaban J connectivity index is 2.09. The van der Waals surface area contributed by atoms with Gasteiger partial charge in [-0.3, -0.25) is 4.79 Å². The number of hydrogen-bond acceptors (Lipinski definition) is 4. The number of amides is 1. The number of rotatable bonds is 3. The van der Waals surface area contributed by atoms with E-state index in [2.05, 4.69) is 26.2 Å². The first-order valence-corrected chi connectivity index (χ1v) is 7.08. The summed E-state index contributed by atoms with van der Waals surface area (Å²) >= 11 is 4.38. The molecule has 0 spiro atoms. The second-order valence-corrected chi connectivity index (χ2v) is 5.73. The lowest BCUT2D eigenvalue weighted by Gasteiger charge is -2.09. The fourth-order valence-electron chi connectivity index (χ4n) is 1.54. The number of carbonyl (C=O) groups excluding carboxylic acids is 1. The molecule has 4 nitrogen and oxygen atoms in total. The minimum absolute atomic E-state index is 0.141. The Morgan fingerprint density at radius 3 is 2.95 bits per heavy atom. The largest absolute Gasteiger partial charge is 0.375 e. The van der Waals surface area contributed by atoms with Crippen molar-refractivity contribution in [3.63, 3.8) is 0 Å². The van der Waals surface area contributed by atoms with Crippen molar-refractivity contribution < 1.29 is 9.18 Å². The highest BCUT2D eigenvalue weighted by atomic mass is 79.9. The van der Waals surface area contributed by atoms with Crippen LogP contribution < -0.4 is 11.1 Å². The molecule has 7 heteroatoms. The molecule has 0 fully saturated rings. The first-order chi connectivity index (χ1) is 8.95. The zero-order valence-electron chi connectivity index (χ0n) is 10.0. The van der Waals surface area contributed by atoms with Crippen LogP contribution in [0.3, 0.4) is 0 Å². The summed E-state index contributed by atoms with van der Waals surface area (Å²) in [7, 11) is 0. The van der Waals surface area contributed by atoms with Crippen molar-refractivity contribution in [2.45, 2.75) is 13.3 Å². The molecule has 0 saturated heterocycles. The molecule has 0 bridgehead atoms. The maximum atomic E-state index is 13.3. The van der Waals surface area contributed by atoms with Gasteiger partial charge in [0.25, 0.3) is 0 Å². The van der Waals surface area contributed by atoms with Crippen molar-refractivity contribution in [3.05, 3.63) is 39.1 Å². The number of nitrogens with one attached hydrogen (secondary N) is 1. The molecule has 0 aliphatic carbocycles. The highest BCUT2D eigenvalue weighted by Gasteiger charge is 2.10. The van der Waals surface area contributed by atoms with Gasteiger partial charge >= 0.3 is 0 Å². The van der Waals surface area contributed by atoms with Gasteiger partial charge in [-0.15, -0.1) is 11.3 Å². The molecule has 100 valence electrons. The summed E-state index contributed by atoms with van der Waals surface area (Å²) in [5.74, 6) is -0.574. The van der Waals surface area contributed by atoms with Crippen molar-refractivity contribution in [1.29, 1.82) is 0 Å². The molecule has 0 saturated carbocycles. The van der Waals surface area contributed by atoms with E-state index in [1.165, 1.54) is 23.5 Å². The summed E-state index contributed by atoms with van der Waals surface area (Å²) in [5, 5.41) is 4.90. The minimum Gasteiger partial charge on any atom is -0.375 e. The molecule has 0 radical (unpaired) electrons. The maximum Gasteiger partial charge on any atom is 0.230 e. The van der Waals surface area contributed by atoms with Gasteiger partial charge in [0.1, 0.15) is 5.82 Å². The topological polar surface area (TPSA) is 68.0 Å². The highest BCUT2D eigenvalue weighted by molar-refractivity contribution is 9.10. The molecule has 2 rings (SSSR count). The fourth-order valence-corrected chi connectivity index (χ4v) is 2.45. The van der Waals surface area contributed by atoms with Crippen LogP contribution in [-0.4, -0.2) is 10.9 Å². The smallest absolute Gasteiger partial charge is 0.230 e. The van der Waals surface area contributed by atoms with E-state index in [1.807, 2.05) is 0 Å². The Hall–Kier alpha value is -1.47. The van der Waals surface area contributed by atoms with Crippen LogP contribution in [0.2, 0.25) is 0 Å². The number of anilines is 2. The summed E-state index contributed by atoms with van der Waals surface area (Å²) < 4.78 is 13.6. The van der Waals surface area contributed by atoms with Crippen LogP contribution in [-0.2, 0) is 11.2 Å². The average molecular weight is 344 g/mol. The number of benzene rings is 1. The maximum absolute atomic E-state index is 13.3. The van der Waals surface area contributed by atoms with Crippen LogP contribution in [0.5, 0.6) is 0 Å². The van der Waals surface area contributed by atoms with Gasteiger partial charge in [-0.05, 0) is 40.5 Å². The van der Waals surface area contributed by atoms with Crippen molar-refractivity contribution in [2.75, 3.05) is 11.1 Å². The van der Waals surface area contributed by atoms with Gasteiger partial charge in [0.15, 0.2) is 5.13 Å². The molecule has 3 N–H and O–H groups in total. The SMILES string of the molecule is Cc1cc(F)c(Br)cc1NC(=O)Cc1csc(N)n1. The van der Waals surface area contributed by atoms with E-state index in [9.17, 15) is 9.18 Å². The summed E-state index contributed by atoms with van der Waals surface area (Å²) in [6, 6.07) is 2.90. The van der Waals surface area contributed by atoms with E-state index < -0.39 is 0 Å². The van der Waals surface area contributed by atoms with Crippen LogP contribution in [0.15, 0.2) is 22.0 Å². The van der Waals surface area contributed by atoms with Gasteiger partial charge in [0.05, 0.1) is 16.6 Å². The third kappa shape index (κ3) is 3.51. The third-order valence-corrected chi connectivity index (χ3v) is 3.78.